The van der Waals surface area contributed by atoms with E-state index in [0.29, 0.717) is 11.7 Å². The molecule has 1 heterocycles. The number of ether oxygens (including phenoxy) is 1. The van der Waals surface area contributed by atoms with E-state index in [0.717, 1.165) is 30.6 Å². The van der Waals surface area contributed by atoms with Crippen LogP contribution in [0.2, 0.25) is 0 Å². The van der Waals surface area contributed by atoms with Crippen LogP contribution < -0.4 is 10.5 Å². The predicted octanol–water partition coefficient (Wildman–Crippen LogP) is 2.94. The van der Waals surface area contributed by atoms with Crippen LogP contribution in [0.15, 0.2) is 28.8 Å². The molecule has 5 heteroatoms. The van der Waals surface area contributed by atoms with E-state index in [4.69, 9.17) is 15.0 Å². The van der Waals surface area contributed by atoms with Gasteiger partial charge in [0.15, 0.2) is 0 Å². The fraction of sp³-hybridized carbons (Fsp3) is 0.429. The van der Waals surface area contributed by atoms with Gasteiger partial charge in [-0.1, -0.05) is 24.9 Å². The quantitative estimate of drug-likeness (QED) is 0.865. The zero-order chi connectivity index (χ0) is 13.7. The van der Waals surface area contributed by atoms with Crippen LogP contribution in [0.5, 0.6) is 5.75 Å². The zero-order valence-corrected chi connectivity index (χ0v) is 11.3. The number of rotatable bonds is 6. The first-order chi connectivity index (χ1) is 9.24. The molecule has 2 rings (SSSR count). The average molecular weight is 261 g/mol. The average Bonchev–Trinajstić information content (AvgIpc) is 2.94. The lowest BCUT2D eigenvalue weighted by Gasteiger charge is -2.03. The minimum atomic E-state index is -0.181. The van der Waals surface area contributed by atoms with Gasteiger partial charge >= 0.3 is 0 Å². The maximum Gasteiger partial charge on any atom is 0.243 e. The highest BCUT2D eigenvalue weighted by atomic mass is 16.5. The molecule has 0 amide bonds. The van der Waals surface area contributed by atoms with Crippen LogP contribution in [0.25, 0.3) is 11.4 Å². The maximum absolute atomic E-state index is 6.00. The Morgan fingerprint density at radius 2 is 2.05 bits per heavy atom. The molecule has 0 bridgehead atoms. The molecular formula is C14H19N3O2. The van der Waals surface area contributed by atoms with Gasteiger partial charge in [0.1, 0.15) is 5.75 Å². The molecule has 0 saturated carbocycles. The van der Waals surface area contributed by atoms with E-state index in [1.165, 1.54) is 0 Å². The third kappa shape index (κ3) is 3.32. The second kappa shape index (κ2) is 6.33. The van der Waals surface area contributed by atoms with E-state index in [1.807, 2.05) is 24.3 Å². The smallest absolute Gasteiger partial charge is 0.243 e. The van der Waals surface area contributed by atoms with Crippen LogP contribution in [-0.2, 0) is 0 Å². The maximum atomic E-state index is 6.00. The van der Waals surface area contributed by atoms with Gasteiger partial charge in [0.05, 0.1) is 13.2 Å². The van der Waals surface area contributed by atoms with Gasteiger partial charge in [0.2, 0.25) is 11.7 Å². The van der Waals surface area contributed by atoms with Crippen molar-refractivity contribution in [2.75, 3.05) is 7.11 Å². The number of hydrogen-bond donors (Lipinski definition) is 1. The van der Waals surface area contributed by atoms with Crippen molar-refractivity contribution in [2.24, 2.45) is 5.73 Å². The molecule has 5 nitrogen and oxygen atoms in total. The molecule has 1 aromatic carbocycles. The van der Waals surface area contributed by atoms with Crippen molar-refractivity contribution in [3.05, 3.63) is 30.2 Å². The molecule has 0 radical (unpaired) electrons. The molecule has 0 saturated heterocycles. The Morgan fingerprint density at radius 1 is 1.32 bits per heavy atom. The lowest BCUT2D eigenvalue weighted by atomic mass is 10.1. The van der Waals surface area contributed by atoms with E-state index < -0.39 is 0 Å². The van der Waals surface area contributed by atoms with Crippen molar-refractivity contribution in [1.29, 1.82) is 0 Å². The second-order valence-corrected chi connectivity index (χ2v) is 4.43. The molecule has 1 aromatic heterocycles. The first-order valence-corrected chi connectivity index (χ1v) is 6.48. The molecule has 2 aromatic rings. The molecule has 102 valence electrons. The molecule has 0 aliphatic rings. The van der Waals surface area contributed by atoms with E-state index in [1.54, 1.807) is 7.11 Å². The highest BCUT2D eigenvalue weighted by Crippen LogP contribution is 2.22. The summed E-state index contributed by atoms with van der Waals surface area (Å²) < 4.78 is 10.3. The Hall–Kier alpha value is -1.88. The molecule has 0 unspecified atom stereocenters. The summed E-state index contributed by atoms with van der Waals surface area (Å²) in [4.78, 5) is 4.35. The lowest BCUT2D eigenvalue weighted by Crippen LogP contribution is -2.10. The SMILES string of the molecule is CCCC[C@H](N)c1nc(-c2ccc(OC)cc2)no1. The number of aromatic nitrogens is 2. The van der Waals surface area contributed by atoms with Gasteiger partial charge in [-0.05, 0) is 30.7 Å². The Bertz CT molecular complexity index is 508. The molecule has 2 N–H and O–H groups in total. The highest BCUT2D eigenvalue weighted by Gasteiger charge is 2.15. The van der Waals surface area contributed by atoms with Crippen LogP contribution in [0.4, 0.5) is 0 Å². The largest absolute Gasteiger partial charge is 0.497 e. The zero-order valence-electron chi connectivity index (χ0n) is 11.3. The summed E-state index contributed by atoms with van der Waals surface area (Å²) in [6, 6.07) is 7.33. The molecule has 0 fully saturated rings. The molecule has 19 heavy (non-hydrogen) atoms. The molecule has 0 aliphatic heterocycles. The molecule has 0 aliphatic carbocycles. The normalized spacial score (nSPS) is 12.4. The minimum Gasteiger partial charge on any atom is -0.497 e. The second-order valence-electron chi connectivity index (χ2n) is 4.43. The summed E-state index contributed by atoms with van der Waals surface area (Å²) in [5, 5.41) is 3.96. The summed E-state index contributed by atoms with van der Waals surface area (Å²) in [6.07, 6.45) is 3.02. The van der Waals surface area contributed by atoms with Gasteiger partial charge in [-0.3, -0.25) is 0 Å². The third-order valence-electron chi connectivity index (χ3n) is 2.98. The first-order valence-electron chi connectivity index (χ1n) is 6.48. The summed E-state index contributed by atoms with van der Waals surface area (Å²) in [6.45, 7) is 2.13. The van der Waals surface area contributed by atoms with Crippen molar-refractivity contribution < 1.29 is 9.26 Å². The standard InChI is InChI=1S/C14H19N3O2/c1-3-4-5-12(15)14-16-13(17-19-14)10-6-8-11(18-2)9-7-10/h6-9,12H,3-5,15H2,1-2H3/t12-/m0/s1. The molecular weight excluding hydrogens is 242 g/mol. The van der Waals surface area contributed by atoms with Crippen molar-refractivity contribution in [3.8, 4) is 17.1 Å². The number of unbranched alkanes of at least 4 members (excludes halogenated alkanes) is 1. The Labute approximate surface area is 112 Å². The topological polar surface area (TPSA) is 74.2 Å². The summed E-state index contributed by atoms with van der Waals surface area (Å²) in [5.41, 5.74) is 6.89. The van der Waals surface area contributed by atoms with E-state index in [2.05, 4.69) is 17.1 Å². The summed E-state index contributed by atoms with van der Waals surface area (Å²) in [7, 11) is 1.63. The van der Waals surface area contributed by atoms with Crippen molar-refractivity contribution in [3.63, 3.8) is 0 Å². The fourth-order valence-corrected chi connectivity index (χ4v) is 1.79. The van der Waals surface area contributed by atoms with E-state index >= 15 is 0 Å². The Morgan fingerprint density at radius 3 is 2.68 bits per heavy atom. The monoisotopic (exact) mass is 261 g/mol. The number of benzene rings is 1. The van der Waals surface area contributed by atoms with Crippen LogP contribution >= 0.6 is 0 Å². The molecule has 0 spiro atoms. The number of nitrogens with zero attached hydrogens (tertiary/aromatic N) is 2. The van der Waals surface area contributed by atoms with Crippen LogP contribution in [-0.4, -0.2) is 17.3 Å². The summed E-state index contributed by atoms with van der Waals surface area (Å²) >= 11 is 0. The summed E-state index contributed by atoms with van der Waals surface area (Å²) in [5.74, 6) is 1.86. The van der Waals surface area contributed by atoms with Crippen molar-refractivity contribution in [2.45, 2.75) is 32.2 Å². The van der Waals surface area contributed by atoms with E-state index in [-0.39, 0.29) is 6.04 Å². The Kier molecular flexibility index (Phi) is 4.52. The van der Waals surface area contributed by atoms with Crippen molar-refractivity contribution >= 4 is 0 Å². The van der Waals surface area contributed by atoms with Crippen LogP contribution in [0, 0.1) is 0 Å². The predicted molar refractivity (Wildman–Crippen MR) is 72.7 cm³/mol. The van der Waals surface area contributed by atoms with Gasteiger partial charge in [-0.15, -0.1) is 0 Å². The van der Waals surface area contributed by atoms with Gasteiger partial charge in [0.25, 0.3) is 0 Å². The van der Waals surface area contributed by atoms with Gasteiger partial charge in [-0.25, -0.2) is 0 Å². The first kappa shape index (κ1) is 13.5. The van der Waals surface area contributed by atoms with Gasteiger partial charge < -0.3 is 15.0 Å². The fourth-order valence-electron chi connectivity index (χ4n) is 1.79. The van der Waals surface area contributed by atoms with Crippen LogP contribution in [0.1, 0.15) is 38.1 Å². The van der Waals surface area contributed by atoms with Crippen molar-refractivity contribution in [1.82, 2.24) is 10.1 Å². The highest BCUT2D eigenvalue weighted by molar-refractivity contribution is 5.55. The molecule has 1 atom stereocenters. The lowest BCUT2D eigenvalue weighted by molar-refractivity contribution is 0.346. The number of methoxy groups -OCH3 is 1. The minimum absolute atomic E-state index is 0.181. The van der Waals surface area contributed by atoms with Gasteiger partial charge in [0, 0.05) is 5.56 Å². The van der Waals surface area contributed by atoms with Crippen LogP contribution in [0.3, 0.4) is 0 Å². The van der Waals surface area contributed by atoms with E-state index in [9.17, 15) is 0 Å². The number of nitrogens with two attached hydrogens (primary N) is 1. The van der Waals surface area contributed by atoms with Gasteiger partial charge in [-0.2, -0.15) is 4.98 Å². The number of hydrogen-bond acceptors (Lipinski definition) is 5. The Balaban J connectivity index is 2.11. The third-order valence-corrected chi connectivity index (χ3v) is 2.98.